The standard InChI is InChI=1S/C14H18O8/c1-6(16)10-7(17)3-2-4-8(10)21-14-13(20)12(19)11(18)9(5-15)22-14/h2-4,9,11-15,17-20H,5H2,1H3/t9-,11-,12+,13-,14-/m1/s1. The number of ketones is 1. The highest BCUT2D eigenvalue weighted by molar-refractivity contribution is 5.99. The van der Waals surface area contributed by atoms with E-state index in [2.05, 4.69) is 0 Å². The van der Waals surface area contributed by atoms with Crippen LogP contribution in [0.2, 0.25) is 0 Å². The van der Waals surface area contributed by atoms with Crippen molar-refractivity contribution in [2.45, 2.75) is 37.6 Å². The van der Waals surface area contributed by atoms with Gasteiger partial charge in [-0.25, -0.2) is 0 Å². The third kappa shape index (κ3) is 3.06. The van der Waals surface area contributed by atoms with Gasteiger partial charge in [-0.05, 0) is 19.1 Å². The summed E-state index contributed by atoms with van der Waals surface area (Å²) in [6.07, 6.45) is -7.23. The third-order valence-electron chi connectivity index (χ3n) is 3.45. The van der Waals surface area contributed by atoms with Crippen LogP contribution in [0.1, 0.15) is 17.3 Å². The molecule has 0 aliphatic carbocycles. The molecule has 1 saturated heterocycles. The van der Waals surface area contributed by atoms with Crippen molar-refractivity contribution < 1.29 is 39.8 Å². The number of aliphatic hydroxyl groups excluding tert-OH is 4. The van der Waals surface area contributed by atoms with E-state index >= 15 is 0 Å². The number of aromatic hydroxyl groups is 1. The number of carbonyl (C=O) groups is 1. The van der Waals surface area contributed by atoms with Crippen LogP contribution in [0, 0.1) is 0 Å². The number of aliphatic hydroxyl groups is 4. The Morgan fingerprint density at radius 2 is 1.91 bits per heavy atom. The van der Waals surface area contributed by atoms with Crippen LogP contribution in [0.25, 0.3) is 0 Å². The molecule has 1 aromatic carbocycles. The van der Waals surface area contributed by atoms with Crippen LogP contribution in [0.3, 0.4) is 0 Å². The summed E-state index contributed by atoms with van der Waals surface area (Å²) in [6, 6.07) is 4.12. The van der Waals surface area contributed by atoms with E-state index in [0.717, 1.165) is 0 Å². The molecule has 0 spiro atoms. The number of benzene rings is 1. The van der Waals surface area contributed by atoms with E-state index < -0.39 is 43.1 Å². The molecule has 1 heterocycles. The van der Waals surface area contributed by atoms with Gasteiger partial charge in [-0.2, -0.15) is 0 Å². The molecule has 122 valence electrons. The van der Waals surface area contributed by atoms with Gasteiger partial charge < -0.3 is 35.0 Å². The minimum absolute atomic E-state index is 0.0446. The van der Waals surface area contributed by atoms with E-state index in [1.165, 1.54) is 25.1 Å². The van der Waals surface area contributed by atoms with Crippen molar-refractivity contribution in [3.63, 3.8) is 0 Å². The molecule has 0 aromatic heterocycles. The van der Waals surface area contributed by atoms with Crippen LogP contribution < -0.4 is 4.74 Å². The molecule has 0 unspecified atom stereocenters. The van der Waals surface area contributed by atoms with E-state index in [-0.39, 0.29) is 17.1 Å². The van der Waals surface area contributed by atoms with Gasteiger partial charge >= 0.3 is 0 Å². The first-order chi connectivity index (χ1) is 10.4. The molecule has 5 N–H and O–H groups in total. The van der Waals surface area contributed by atoms with Crippen molar-refractivity contribution in [2.75, 3.05) is 6.61 Å². The van der Waals surface area contributed by atoms with Crippen LogP contribution >= 0.6 is 0 Å². The fourth-order valence-electron chi connectivity index (χ4n) is 2.26. The third-order valence-corrected chi connectivity index (χ3v) is 3.45. The lowest BCUT2D eigenvalue weighted by Gasteiger charge is -2.39. The summed E-state index contributed by atoms with van der Waals surface area (Å²) in [4.78, 5) is 11.6. The van der Waals surface area contributed by atoms with E-state index in [0.29, 0.717) is 0 Å². The fourth-order valence-corrected chi connectivity index (χ4v) is 2.26. The van der Waals surface area contributed by atoms with Gasteiger partial charge in [-0.3, -0.25) is 4.79 Å². The Morgan fingerprint density at radius 1 is 1.23 bits per heavy atom. The predicted octanol–water partition coefficient (Wildman–Crippen LogP) is -1.23. The van der Waals surface area contributed by atoms with Gasteiger partial charge in [0, 0.05) is 0 Å². The van der Waals surface area contributed by atoms with Gasteiger partial charge in [0.05, 0.1) is 6.61 Å². The molecule has 1 aromatic rings. The first kappa shape index (κ1) is 16.7. The second-order valence-electron chi connectivity index (χ2n) is 5.02. The number of hydrogen-bond acceptors (Lipinski definition) is 8. The molecule has 0 bridgehead atoms. The number of hydrogen-bond donors (Lipinski definition) is 5. The lowest BCUT2D eigenvalue weighted by molar-refractivity contribution is -0.277. The molecule has 0 amide bonds. The maximum Gasteiger partial charge on any atom is 0.229 e. The number of Topliss-reactive ketones (excluding diaryl/α,β-unsaturated/α-hetero) is 1. The summed E-state index contributed by atoms with van der Waals surface area (Å²) in [6.45, 7) is 0.639. The SMILES string of the molecule is CC(=O)c1c(O)cccc1O[C@@H]1O[C@H](CO)[C@@H](O)[C@H](O)[C@H]1O. The Hall–Kier alpha value is -1.71. The maximum absolute atomic E-state index is 11.6. The monoisotopic (exact) mass is 314 g/mol. The number of phenolic OH excluding ortho intramolecular Hbond substituents is 1. The van der Waals surface area contributed by atoms with Crippen molar-refractivity contribution in [3.8, 4) is 11.5 Å². The number of carbonyl (C=O) groups excluding carboxylic acids is 1. The van der Waals surface area contributed by atoms with Crippen LogP contribution in [0.4, 0.5) is 0 Å². The Labute approximate surface area is 126 Å². The van der Waals surface area contributed by atoms with Gasteiger partial charge in [0.1, 0.15) is 41.5 Å². The van der Waals surface area contributed by atoms with Gasteiger partial charge in [0.25, 0.3) is 0 Å². The summed E-state index contributed by atoms with van der Waals surface area (Å²) in [5.74, 6) is -0.802. The minimum Gasteiger partial charge on any atom is -0.507 e. The summed E-state index contributed by atoms with van der Waals surface area (Å²) in [5.41, 5.74) is -0.0977. The van der Waals surface area contributed by atoms with E-state index in [1.807, 2.05) is 0 Å². The molecule has 0 saturated carbocycles. The highest BCUT2D eigenvalue weighted by atomic mass is 16.7. The Kier molecular flexibility index (Phi) is 4.99. The molecular weight excluding hydrogens is 296 g/mol. The summed E-state index contributed by atoms with van der Waals surface area (Å²) in [7, 11) is 0. The van der Waals surface area contributed by atoms with E-state index in [4.69, 9.17) is 14.6 Å². The van der Waals surface area contributed by atoms with Crippen LogP contribution in [-0.4, -0.2) is 68.6 Å². The van der Waals surface area contributed by atoms with E-state index in [1.54, 1.807) is 0 Å². The zero-order valence-corrected chi connectivity index (χ0v) is 11.8. The van der Waals surface area contributed by atoms with Crippen LogP contribution in [0.15, 0.2) is 18.2 Å². The lowest BCUT2D eigenvalue weighted by atomic mass is 9.99. The van der Waals surface area contributed by atoms with Crippen molar-refractivity contribution in [3.05, 3.63) is 23.8 Å². The van der Waals surface area contributed by atoms with Crippen LogP contribution in [-0.2, 0) is 4.74 Å². The van der Waals surface area contributed by atoms with Gasteiger partial charge in [0.2, 0.25) is 6.29 Å². The van der Waals surface area contributed by atoms with E-state index in [9.17, 15) is 25.2 Å². The Balaban J connectivity index is 2.27. The van der Waals surface area contributed by atoms with Gasteiger partial charge in [-0.15, -0.1) is 0 Å². The molecule has 5 atom stereocenters. The van der Waals surface area contributed by atoms with Crippen molar-refractivity contribution in [1.29, 1.82) is 0 Å². The first-order valence-corrected chi connectivity index (χ1v) is 6.67. The largest absolute Gasteiger partial charge is 0.507 e. The molecule has 0 radical (unpaired) electrons. The fraction of sp³-hybridized carbons (Fsp3) is 0.500. The predicted molar refractivity (Wildman–Crippen MR) is 72.5 cm³/mol. The Morgan fingerprint density at radius 3 is 2.50 bits per heavy atom. The summed E-state index contributed by atoms with van der Waals surface area (Å²) in [5, 5.41) is 48.1. The Bertz CT molecular complexity index is 544. The normalized spacial score (nSPS) is 31.8. The van der Waals surface area contributed by atoms with Crippen molar-refractivity contribution in [1.82, 2.24) is 0 Å². The molecule has 1 fully saturated rings. The van der Waals surface area contributed by atoms with Crippen LogP contribution in [0.5, 0.6) is 11.5 Å². The molecule has 1 aliphatic rings. The molecule has 2 rings (SSSR count). The molecule has 8 heteroatoms. The van der Waals surface area contributed by atoms with Crippen molar-refractivity contribution in [2.24, 2.45) is 0 Å². The summed E-state index contributed by atoms with van der Waals surface area (Å²) < 4.78 is 10.5. The zero-order valence-electron chi connectivity index (χ0n) is 11.8. The quantitative estimate of drug-likeness (QED) is 0.436. The number of phenols is 1. The second kappa shape index (κ2) is 6.59. The second-order valence-corrected chi connectivity index (χ2v) is 5.02. The first-order valence-electron chi connectivity index (χ1n) is 6.67. The number of ether oxygens (including phenoxy) is 2. The number of rotatable bonds is 4. The highest BCUT2D eigenvalue weighted by Crippen LogP contribution is 2.31. The van der Waals surface area contributed by atoms with Gasteiger partial charge in [-0.1, -0.05) is 6.07 Å². The smallest absolute Gasteiger partial charge is 0.229 e. The van der Waals surface area contributed by atoms with Gasteiger partial charge in [0.15, 0.2) is 5.78 Å². The molecule has 8 nitrogen and oxygen atoms in total. The van der Waals surface area contributed by atoms with Crippen molar-refractivity contribution >= 4 is 5.78 Å². The highest BCUT2D eigenvalue weighted by Gasteiger charge is 2.45. The molecule has 22 heavy (non-hydrogen) atoms. The average molecular weight is 314 g/mol. The zero-order chi connectivity index (χ0) is 16.4. The minimum atomic E-state index is -1.60. The lowest BCUT2D eigenvalue weighted by Crippen LogP contribution is -2.60. The summed E-state index contributed by atoms with van der Waals surface area (Å²) >= 11 is 0. The maximum atomic E-state index is 11.6. The topological polar surface area (TPSA) is 137 Å². The molecule has 1 aliphatic heterocycles. The molecular formula is C14H18O8. The average Bonchev–Trinajstić information content (AvgIpc) is 2.47.